The number of carbonyl (C=O) groups excluding carboxylic acids is 3. The molecule has 0 atom stereocenters. The minimum absolute atomic E-state index is 0.391. The van der Waals surface area contributed by atoms with Gasteiger partial charge in [-0.2, -0.15) is 0 Å². The molecular weight excluding hydrogens is 260 g/mol. The average Bonchev–Trinajstić information content (AvgIpc) is 2.33. The van der Waals surface area contributed by atoms with Gasteiger partial charge in [-0.05, 0) is 12.1 Å². The van der Waals surface area contributed by atoms with Crippen LogP contribution >= 0.6 is 0 Å². The number of piperazine rings is 1. The summed E-state index contributed by atoms with van der Waals surface area (Å²) in [5.41, 5.74) is 3.99. The predicted octanol–water partition coefficient (Wildman–Crippen LogP) is -0.354. The Labute approximate surface area is 106 Å². The van der Waals surface area contributed by atoms with Gasteiger partial charge in [0.2, 0.25) is 11.8 Å². The van der Waals surface area contributed by atoms with Crippen molar-refractivity contribution >= 4 is 23.4 Å². The molecule has 1 fully saturated rings. The van der Waals surface area contributed by atoms with Crippen molar-refractivity contribution in [3.05, 3.63) is 29.3 Å². The maximum Gasteiger partial charge on any atom is 0.260 e. The Hall–Kier alpha value is -2.51. The Bertz CT molecular complexity index is 573. The van der Waals surface area contributed by atoms with Crippen LogP contribution in [-0.4, -0.2) is 35.7 Å². The number of hydrogen-bond donors (Lipinski definition) is 2. The van der Waals surface area contributed by atoms with E-state index in [1.807, 2.05) is 5.32 Å². The monoisotopic (exact) mass is 269 g/mol. The van der Waals surface area contributed by atoms with E-state index < -0.39 is 53.7 Å². The Morgan fingerprint density at radius 2 is 1.79 bits per heavy atom. The lowest BCUT2D eigenvalue weighted by Gasteiger charge is -2.25. The van der Waals surface area contributed by atoms with Crippen molar-refractivity contribution in [2.24, 2.45) is 0 Å². The smallest absolute Gasteiger partial charge is 0.260 e. The van der Waals surface area contributed by atoms with Gasteiger partial charge in [-0.25, -0.2) is 8.78 Å². The van der Waals surface area contributed by atoms with E-state index in [1.165, 1.54) is 0 Å². The molecule has 0 aliphatic carbocycles. The second kappa shape index (κ2) is 4.63. The fraction of sp³-hybridized carbons (Fsp3) is 0.182. The maximum absolute atomic E-state index is 13.7. The number of imide groups is 1. The molecule has 1 saturated heterocycles. The number of hydrogen-bond acceptors (Lipinski definition) is 4. The van der Waals surface area contributed by atoms with Crippen molar-refractivity contribution < 1.29 is 23.2 Å². The quantitative estimate of drug-likeness (QED) is 0.538. The fourth-order valence-electron chi connectivity index (χ4n) is 1.70. The number of nitrogen functional groups attached to an aromatic ring is 1. The van der Waals surface area contributed by atoms with Crippen molar-refractivity contribution in [3.8, 4) is 0 Å². The first kappa shape index (κ1) is 12.9. The number of nitrogens with two attached hydrogens (primary N) is 1. The fourth-order valence-corrected chi connectivity index (χ4v) is 1.70. The molecule has 19 heavy (non-hydrogen) atoms. The van der Waals surface area contributed by atoms with E-state index in [1.54, 1.807) is 0 Å². The van der Waals surface area contributed by atoms with Crippen molar-refractivity contribution in [3.63, 3.8) is 0 Å². The molecule has 8 heteroatoms. The Morgan fingerprint density at radius 1 is 1.21 bits per heavy atom. The summed E-state index contributed by atoms with van der Waals surface area (Å²) in [6, 6.07) is 1.83. The van der Waals surface area contributed by atoms with Crippen LogP contribution in [0.2, 0.25) is 0 Å². The van der Waals surface area contributed by atoms with Gasteiger partial charge in [0, 0.05) is 0 Å². The van der Waals surface area contributed by atoms with Crippen molar-refractivity contribution in [2.75, 3.05) is 18.8 Å². The van der Waals surface area contributed by atoms with Gasteiger partial charge in [0.25, 0.3) is 5.91 Å². The first-order chi connectivity index (χ1) is 8.90. The third-order valence-corrected chi connectivity index (χ3v) is 2.57. The first-order valence-corrected chi connectivity index (χ1v) is 5.25. The van der Waals surface area contributed by atoms with Gasteiger partial charge in [-0.1, -0.05) is 0 Å². The molecule has 100 valence electrons. The minimum Gasteiger partial charge on any atom is -0.396 e. The topological polar surface area (TPSA) is 92.5 Å². The molecule has 0 saturated carbocycles. The molecule has 0 aromatic heterocycles. The van der Waals surface area contributed by atoms with E-state index in [2.05, 4.69) is 0 Å². The zero-order valence-corrected chi connectivity index (χ0v) is 9.57. The molecule has 1 heterocycles. The molecule has 1 aliphatic heterocycles. The van der Waals surface area contributed by atoms with Gasteiger partial charge >= 0.3 is 0 Å². The number of anilines is 1. The summed E-state index contributed by atoms with van der Waals surface area (Å²) in [7, 11) is 0. The number of rotatable bonds is 1. The molecule has 1 aromatic rings. The maximum atomic E-state index is 13.7. The van der Waals surface area contributed by atoms with Crippen LogP contribution in [0.25, 0.3) is 0 Å². The molecule has 3 N–H and O–H groups in total. The second-order valence-corrected chi connectivity index (χ2v) is 3.96. The lowest BCUT2D eigenvalue weighted by Crippen LogP contribution is -2.53. The molecule has 6 nitrogen and oxygen atoms in total. The van der Waals surface area contributed by atoms with Crippen molar-refractivity contribution in [1.82, 2.24) is 10.2 Å². The number of amides is 3. The summed E-state index contributed by atoms with van der Waals surface area (Å²) in [5, 5.41) is 1.97. The van der Waals surface area contributed by atoms with Gasteiger partial charge < -0.3 is 10.6 Å². The van der Waals surface area contributed by atoms with Gasteiger partial charge in [-0.15, -0.1) is 0 Å². The van der Waals surface area contributed by atoms with Gasteiger partial charge in [0.1, 0.15) is 24.5 Å². The molecule has 0 bridgehead atoms. The average molecular weight is 269 g/mol. The zero-order chi connectivity index (χ0) is 14.2. The van der Waals surface area contributed by atoms with Crippen LogP contribution < -0.4 is 11.1 Å². The molecule has 0 spiro atoms. The van der Waals surface area contributed by atoms with E-state index in [4.69, 9.17) is 5.73 Å². The second-order valence-electron chi connectivity index (χ2n) is 3.96. The van der Waals surface area contributed by atoms with Crippen LogP contribution in [0.5, 0.6) is 0 Å². The molecule has 0 unspecified atom stereocenters. The minimum atomic E-state index is -1.21. The van der Waals surface area contributed by atoms with Crippen LogP contribution in [0, 0.1) is 11.6 Å². The van der Waals surface area contributed by atoms with Crippen LogP contribution in [-0.2, 0) is 9.59 Å². The molecule has 2 rings (SSSR count). The van der Waals surface area contributed by atoms with E-state index in [0.717, 1.165) is 17.0 Å². The van der Waals surface area contributed by atoms with Crippen LogP contribution in [0.3, 0.4) is 0 Å². The number of carbonyl (C=O) groups is 3. The number of benzene rings is 1. The van der Waals surface area contributed by atoms with E-state index in [-0.39, 0.29) is 0 Å². The zero-order valence-electron chi connectivity index (χ0n) is 9.57. The molecule has 1 aliphatic rings. The van der Waals surface area contributed by atoms with Crippen molar-refractivity contribution in [2.45, 2.75) is 0 Å². The van der Waals surface area contributed by atoms with Gasteiger partial charge in [-0.3, -0.25) is 19.7 Å². The third-order valence-electron chi connectivity index (χ3n) is 2.57. The Kier molecular flexibility index (Phi) is 3.16. The first-order valence-electron chi connectivity index (χ1n) is 5.25. The third kappa shape index (κ3) is 2.37. The van der Waals surface area contributed by atoms with E-state index >= 15 is 0 Å². The number of halogens is 2. The summed E-state index contributed by atoms with van der Waals surface area (Å²) in [6.45, 7) is -0.892. The van der Waals surface area contributed by atoms with Gasteiger partial charge in [0.15, 0.2) is 5.82 Å². The summed E-state index contributed by atoms with van der Waals surface area (Å²) in [6.07, 6.45) is 0. The van der Waals surface area contributed by atoms with Crippen LogP contribution in [0.4, 0.5) is 14.5 Å². The highest BCUT2D eigenvalue weighted by Crippen LogP contribution is 2.20. The highest BCUT2D eigenvalue weighted by atomic mass is 19.1. The summed E-state index contributed by atoms with van der Waals surface area (Å²) in [5.74, 6) is -4.83. The lowest BCUT2D eigenvalue weighted by molar-refractivity contribution is -0.135. The van der Waals surface area contributed by atoms with E-state index in [0.29, 0.717) is 0 Å². The molecule has 1 aromatic carbocycles. The summed E-state index contributed by atoms with van der Waals surface area (Å²) >= 11 is 0. The van der Waals surface area contributed by atoms with Crippen LogP contribution in [0.1, 0.15) is 10.4 Å². The molecule has 3 amide bonds. The number of nitrogens with one attached hydrogen (secondary N) is 1. The summed E-state index contributed by atoms with van der Waals surface area (Å²) < 4.78 is 27.2. The Balaban J connectivity index is 2.37. The molecular formula is C11H9F2N3O3. The predicted molar refractivity (Wildman–Crippen MR) is 59.8 cm³/mol. The Morgan fingerprint density at radius 3 is 2.37 bits per heavy atom. The SMILES string of the molecule is Nc1ccc(F)c(C(=O)N2CC(=O)NC(=O)C2)c1F. The summed E-state index contributed by atoms with van der Waals surface area (Å²) in [4.78, 5) is 34.9. The van der Waals surface area contributed by atoms with E-state index in [9.17, 15) is 23.2 Å². The highest BCUT2D eigenvalue weighted by molar-refractivity contribution is 6.06. The van der Waals surface area contributed by atoms with Crippen molar-refractivity contribution in [1.29, 1.82) is 0 Å². The largest absolute Gasteiger partial charge is 0.396 e. The number of nitrogens with zero attached hydrogens (tertiary/aromatic N) is 1. The molecule has 0 radical (unpaired) electrons. The standard InChI is InChI=1S/C11H9F2N3O3/c12-5-1-2-6(14)10(13)9(5)11(19)16-3-7(17)15-8(18)4-16/h1-2H,3-4,14H2,(H,15,17,18). The normalized spacial score (nSPS) is 15.4. The lowest BCUT2D eigenvalue weighted by atomic mass is 10.1. The van der Waals surface area contributed by atoms with Crippen LogP contribution in [0.15, 0.2) is 12.1 Å². The van der Waals surface area contributed by atoms with Gasteiger partial charge in [0.05, 0.1) is 5.69 Å². The highest BCUT2D eigenvalue weighted by Gasteiger charge is 2.30.